The van der Waals surface area contributed by atoms with Gasteiger partial charge in [-0.05, 0) is 59.0 Å². The van der Waals surface area contributed by atoms with Crippen LogP contribution in [0, 0.1) is 0 Å². The zero-order valence-electron chi connectivity index (χ0n) is 13.3. The lowest BCUT2D eigenvalue weighted by Gasteiger charge is -2.09. The zero-order chi connectivity index (χ0) is 16.2. The number of ether oxygens (including phenoxy) is 2. The Morgan fingerprint density at radius 1 is 0.870 bits per heavy atom. The molecule has 0 aliphatic heterocycles. The Balaban J connectivity index is 2.05. The van der Waals surface area contributed by atoms with Gasteiger partial charge in [-0.25, -0.2) is 9.78 Å². The summed E-state index contributed by atoms with van der Waals surface area (Å²) < 4.78 is 11.8. The molecule has 120 valence electrons. The van der Waals surface area contributed by atoms with E-state index in [1.165, 1.54) is 22.1 Å². The van der Waals surface area contributed by atoms with Crippen LogP contribution in [0.4, 0.5) is 0 Å². The number of thiophene rings is 1. The minimum atomic E-state index is 0.362. The first-order valence-corrected chi connectivity index (χ1v) is 7.97. The quantitative estimate of drug-likeness (QED) is 0.486. The van der Waals surface area contributed by atoms with Gasteiger partial charge in [-0.2, -0.15) is 0 Å². The Kier molecular flexibility index (Phi) is 4.81. The van der Waals surface area contributed by atoms with Crippen LogP contribution in [0.5, 0.6) is 11.5 Å². The van der Waals surface area contributed by atoms with Crippen molar-refractivity contribution in [3.63, 3.8) is 0 Å². The predicted molar refractivity (Wildman–Crippen MR) is 92.2 cm³/mol. The minimum Gasteiger partial charge on any atom is -0.497 e. The van der Waals surface area contributed by atoms with Crippen molar-refractivity contribution < 1.29 is 19.2 Å². The topological polar surface area (TPSA) is 36.9 Å². The van der Waals surface area contributed by atoms with Gasteiger partial charge in [0.25, 0.3) is 0 Å². The predicted octanol–water partition coefficient (Wildman–Crippen LogP) is 4.66. The van der Waals surface area contributed by atoms with Crippen molar-refractivity contribution in [2.45, 2.75) is 6.61 Å². The summed E-state index contributed by atoms with van der Waals surface area (Å²) in [6, 6.07) is 14.3. The molecule has 0 bridgehead atoms. The summed E-state index contributed by atoms with van der Waals surface area (Å²) in [5, 5.41) is 1.19. The summed E-state index contributed by atoms with van der Waals surface area (Å²) in [6.07, 6.45) is 0. The normalized spacial score (nSPS) is 10.9. The summed E-state index contributed by atoms with van der Waals surface area (Å²) >= 11 is 1.72. The fourth-order valence-electron chi connectivity index (χ4n) is 2.45. The van der Waals surface area contributed by atoms with Crippen molar-refractivity contribution >= 4 is 21.4 Å². The number of rotatable bonds is 6. The van der Waals surface area contributed by atoms with Gasteiger partial charge in [0, 0.05) is 9.58 Å². The summed E-state index contributed by atoms with van der Waals surface area (Å²) in [4.78, 5) is 11.0. The summed E-state index contributed by atoms with van der Waals surface area (Å²) in [5.41, 5.74) is 2.13. The molecule has 0 unspecified atom stereocenters. The van der Waals surface area contributed by atoms with Crippen LogP contribution in [0.15, 0.2) is 42.5 Å². The van der Waals surface area contributed by atoms with Crippen molar-refractivity contribution in [2.75, 3.05) is 21.3 Å². The molecular weight excluding hydrogens is 312 g/mol. The van der Waals surface area contributed by atoms with Crippen molar-refractivity contribution in [1.82, 2.24) is 0 Å². The molecule has 3 rings (SSSR count). The largest absolute Gasteiger partial charge is 0.497 e. The van der Waals surface area contributed by atoms with Crippen LogP contribution in [0.2, 0.25) is 0 Å². The summed E-state index contributed by atoms with van der Waals surface area (Å²) in [5.74, 6) is 1.66. The number of benzene rings is 2. The maximum atomic E-state index is 5.31. The van der Waals surface area contributed by atoms with Gasteiger partial charge in [-0.1, -0.05) is 0 Å². The van der Waals surface area contributed by atoms with Crippen LogP contribution >= 0.6 is 11.3 Å². The standard InChI is InChI=1S/C18H18O4S/c1-19-14-6-7-16(13(8-14)11-22-21-3)18-9-12-4-5-15(20-2)10-17(12)23-18/h4-10H,11H2,1-3H3. The molecule has 1 aromatic heterocycles. The number of methoxy groups -OCH3 is 2. The first kappa shape index (κ1) is 15.8. The lowest BCUT2D eigenvalue weighted by Crippen LogP contribution is -1.95. The van der Waals surface area contributed by atoms with E-state index in [4.69, 9.17) is 19.2 Å². The summed E-state index contributed by atoms with van der Waals surface area (Å²) in [6.45, 7) is 0.362. The van der Waals surface area contributed by atoms with Gasteiger partial charge in [-0.3, -0.25) is 0 Å². The SMILES string of the molecule is COOCc1cc(OC)ccc1-c1cc2ccc(OC)cc2s1. The highest BCUT2D eigenvalue weighted by molar-refractivity contribution is 7.22. The van der Waals surface area contributed by atoms with Crippen molar-refractivity contribution in [1.29, 1.82) is 0 Å². The molecule has 0 N–H and O–H groups in total. The van der Waals surface area contributed by atoms with Crippen LogP contribution in [-0.2, 0) is 16.4 Å². The van der Waals surface area contributed by atoms with Gasteiger partial charge in [0.1, 0.15) is 18.1 Å². The lowest BCUT2D eigenvalue weighted by molar-refractivity contribution is -0.282. The molecule has 0 fully saturated rings. The Labute approximate surface area is 139 Å². The Hall–Kier alpha value is -2.08. The van der Waals surface area contributed by atoms with Crippen LogP contribution in [0.3, 0.4) is 0 Å². The Bertz CT molecular complexity index is 810. The Morgan fingerprint density at radius 2 is 1.61 bits per heavy atom. The van der Waals surface area contributed by atoms with E-state index in [1.54, 1.807) is 25.6 Å². The number of hydrogen-bond donors (Lipinski definition) is 0. The zero-order valence-corrected chi connectivity index (χ0v) is 14.1. The summed E-state index contributed by atoms with van der Waals surface area (Å²) in [7, 11) is 4.84. The maximum Gasteiger partial charge on any atom is 0.120 e. The molecule has 0 saturated carbocycles. The molecule has 2 aromatic carbocycles. The molecule has 0 aliphatic carbocycles. The van der Waals surface area contributed by atoms with E-state index < -0.39 is 0 Å². The van der Waals surface area contributed by atoms with E-state index in [-0.39, 0.29) is 0 Å². The van der Waals surface area contributed by atoms with Crippen molar-refractivity contribution in [3.8, 4) is 21.9 Å². The van der Waals surface area contributed by atoms with Crippen LogP contribution in [0.1, 0.15) is 5.56 Å². The average Bonchev–Trinajstić information content (AvgIpc) is 3.02. The lowest BCUT2D eigenvalue weighted by atomic mass is 10.1. The highest BCUT2D eigenvalue weighted by Gasteiger charge is 2.11. The van der Waals surface area contributed by atoms with Gasteiger partial charge in [0.15, 0.2) is 0 Å². The highest BCUT2D eigenvalue weighted by Crippen LogP contribution is 2.38. The maximum absolute atomic E-state index is 5.31. The molecule has 0 spiro atoms. The van der Waals surface area contributed by atoms with Crippen molar-refractivity contribution in [3.05, 3.63) is 48.0 Å². The van der Waals surface area contributed by atoms with Gasteiger partial charge >= 0.3 is 0 Å². The molecule has 3 aromatic rings. The third-order valence-electron chi connectivity index (χ3n) is 3.64. The van der Waals surface area contributed by atoms with Crippen LogP contribution < -0.4 is 9.47 Å². The first-order chi connectivity index (χ1) is 11.2. The second-order valence-corrected chi connectivity index (χ2v) is 6.05. The third kappa shape index (κ3) is 3.32. The van der Waals surface area contributed by atoms with E-state index in [0.717, 1.165) is 22.6 Å². The average molecular weight is 330 g/mol. The van der Waals surface area contributed by atoms with E-state index in [9.17, 15) is 0 Å². The fraction of sp³-hybridized carbons (Fsp3) is 0.222. The van der Waals surface area contributed by atoms with Gasteiger partial charge < -0.3 is 9.47 Å². The number of hydrogen-bond acceptors (Lipinski definition) is 5. The van der Waals surface area contributed by atoms with Crippen LogP contribution in [-0.4, -0.2) is 21.3 Å². The van der Waals surface area contributed by atoms with Crippen LogP contribution in [0.25, 0.3) is 20.5 Å². The fourth-order valence-corrected chi connectivity index (χ4v) is 3.60. The smallest absolute Gasteiger partial charge is 0.120 e. The minimum absolute atomic E-state index is 0.362. The van der Waals surface area contributed by atoms with Gasteiger partial charge in [0.2, 0.25) is 0 Å². The van der Waals surface area contributed by atoms with Gasteiger partial charge in [0.05, 0.1) is 21.3 Å². The molecular formula is C18H18O4S. The van der Waals surface area contributed by atoms with E-state index in [0.29, 0.717) is 6.61 Å². The third-order valence-corrected chi connectivity index (χ3v) is 4.77. The molecule has 0 aliphatic rings. The second-order valence-electron chi connectivity index (χ2n) is 4.97. The molecule has 1 heterocycles. The number of fused-ring (bicyclic) bond motifs is 1. The van der Waals surface area contributed by atoms with Gasteiger partial charge in [-0.15, -0.1) is 11.3 Å². The van der Waals surface area contributed by atoms with E-state index in [2.05, 4.69) is 24.3 Å². The molecule has 4 nitrogen and oxygen atoms in total. The molecule has 5 heteroatoms. The molecule has 0 saturated heterocycles. The molecule has 0 radical (unpaired) electrons. The second kappa shape index (κ2) is 7.00. The Morgan fingerprint density at radius 3 is 2.35 bits per heavy atom. The first-order valence-electron chi connectivity index (χ1n) is 7.15. The van der Waals surface area contributed by atoms with Crippen molar-refractivity contribution in [2.24, 2.45) is 0 Å². The highest BCUT2D eigenvalue weighted by atomic mass is 32.1. The molecule has 23 heavy (non-hydrogen) atoms. The monoisotopic (exact) mass is 330 g/mol. The molecule has 0 amide bonds. The molecule has 0 atom stereocenters. The van der Waals surface area contributed by atoms with E-state index in [1.807, 2.05) is 18.2 Å². The van der Waals surface area contributed by atoms with E-state index >= 15 is 0 Å².